The average Bonchev–Trinajstić information content (AvgIpc) is 2.66. The highest BCUT2D eigenvalue weighted by Crippen LogP contribution is 2.19. The summed E-state index contributed by atoms with van der Waals surface area (Å²) >= 11 is 5.05. The number of benzene rings is 1. The minimum atomic E-state index is 0.778. The van der Waals surface area contributed by atoms with Crippen molar-refractivity contribution >= 4 is 32.4 Å². The Hall–Kier alpha value is -0.940. The summed E-state index contributed by atoms with van der Waals surface area (Å²) in [7, 11) is 0. The molecule has 1 aromatic carbocycles. The van der Waals surface area contributed by atoms with Crippen LogP contribution in [0.25, 0.3) is 0 Å². The molecule has 2 aromatic rings. The van der Waals surface area contributed by atoms with Gasteiger partial charge in [0.25, 0.3) is 0 Å². The van der Waals surface area contributed by atoms with Gasteiger partial charge < -0.3 is 5.32 Å². The lowest BCUT2D eigenvalue weighted by Crippen LogP contribution is -2.00. The molecule has 1 N–H and O–H groups in total. The van der Waals surface area contributed by atoms with E-state index < -0.39 is 0 Å². The average molecular weight is 298 g/mol. The summed E-state index contributed by atoms with van der Waals surface area (Å²) in [6.07, 6.45) is 0. The third-order valence-electron chi connectivity index (χ3n) is 2.27. The maximum absolute atomic E-state index is 4.03. The number of anilines is 1. The van der Waals surface area contributed by atoms with Crippen LogP contribution in [0.3, 0.4) is 0 Å². The van der Waals surface area contributed by atoms with Crippen molar-refractivity contribution < 1.29 is 0 Å². The zero-order valence-electron chi connectivity index (χ0n) is 9.12. The van der Waals surface area contributed by atoms with Crippen molar-refractivity contribution in [2.24, 2.45) is 0 Å². The molecule has 84 valence electrons. The van der Waals surface area contributed by atoms with E-state index in [1.165, 1.54) is 11.1 Å². The van der Waals surface area contributed by atoms with Crippen LogP contribution in [0.5, 0.6) is 0 Å². The smallest absolute Gasteiger partial charge is 0.205 e. The molecular formula is C11H12BrN3S. The first-order valence-corrected chi connectivity index (χ1v) is 6.55. The van der Waals surface area contributed by atoms with Gasteiger partial charge in [0.05, 0.1) is 0 Å². The lowest BCUT2D eigenvalue weighted by molar-refractivity contribution is 1.02. The van der Waals surface area contributed by atoms with Crippen LogP contribution in [0, 0.1) is 13.8 Å². The molecule has 0 bridgehead atoms. The molecule has 1 heterocycles. The van der Waals surface area contributed by atoms with Crippen molar-refractivity contribution in [1.29, 1.82) is 0 Å². The maximum Gasteiger partial charge on any atom is 0.205 e. The number of rotatable bonds is 3. The molecule has 0 fully saturated rings. The number of halogens is 1. The summed E-state index contributed by atoms with van der Waals surface area (Å²) < 4.78 is 1.10. The summed E-state index contributed by atoms with van der Waals surface area (Å²) in [5, 5.41) is 13.1. The molecule has 0 aliphatic carbocycles. The number of nitrogens with one attached hydrogen (secondary N) is 1. The van der Waals surface area contributed by atoms with Crippen LogP contribution in [-0.4, -0.2) is 10.2 Å². The first kappa shape index (κ1) is 11.5. The molecule has 0 spiro atoms. The zero-order chi connectivity index (χ0) is 11.5. The van der Waals surface area contributed by atoms with E-state index in [-0.39, 0.29) is 0 Å². The van der Waals surface area contributed by atoms with Crippen LogP contribution in [-0.2, 0) is 6.54 Å². The second kappa shape index (κ2) is 4.93. The third-order valence-corrected chi connectivity index (χ3v) is 3.56. The lowest BCUT2D eigenvalue weighted by atomic mass is 10.1. The molecule has 0 atom stereocenters. The molecule has 3 nitrogen and oxygen atoms in total. The molecule has 0 unspecified atom stereocenters. The highest BCUT2D eigenvalue weighted by Gasteiger charge is 2.02. The Labute approximate surface area is 107 Å². The number of nitrogens with zero attached hydrogens (tertiary/aromatic N) is 2. The predicted octanol–water partition coefficient (Wildman–Crippen LogP) is 3.53. The molecule has 0 saturated carbocycles. The van der Waals surface area contributed by atoms with Gasteiger partial charge in [-0.3, -0.25) is 0 Å². The normalized spacial score (nSPS) is 10.4. The van der Waals surface area contributed by atoms with Gasteiger partial charge in [-0.25, -0.2) is 0 Å². The van der Waals surface area contributed by atoms with E-state index >= 15 is 0 Å². The summed E-state index contributed by atoms with van der Waals surface area (Å²) in [5.74, 6) is 0. The van der Waals surface area contributed by atoms with E-state index in [1.807, 2.05) is 13.0 Å². The van der Waals surface area contributed by atoms with E-state index in [0.29, 0.717) is 0 Å². The predicted molar refractivity (Wildman–Crippen MR) is 70.9 cm³/mol. The molecule has 16 heavy (non-hydrogen) atoms. The van der Waals surface area contributed by atoms with E-state index in [1.54, 1.807) is 11.3 Å². The van der Waals surface area contributed by atoms with Crippen LogP contribution in [0.1, 0.15) is 16.1 Å². The molecule has 0 saturated heterocycles. The lowest BCUT2D eigenvalue weighted by Gasteiger charge is -2.06. The Morgan fingerprint density at radius 1 is 1.31 bits per heavy atom. The molecule has 0 radical (unpaired) electrons. The Kier molecular flexibility index (Phi) is 3.56. The van der Waals surface area contributed by atoms with Gasteiger partial charge in [-0.2, -0.15) is 0 Å². The van der Waals surface area contributed by atoms with Crippen LogP contribution in [0.4, 0.5) is 5.13 Å². The van der Waals surface area contributed by atoms with Gasteiger partial charge in [0, 0.05) is 11.0 Å². The van der Waals surface area contributed by atoms with Crippen LogP contribution < -0.4 is 5.32 Å². The van der Waals surface area contributed by atoms with E-state index in [4.69, 9.17) is 0 Å². The van der Waals surface area contributed by atoms with Crippen molar-refractivity contribution in [3.8, 4) is 0 Å². The number of aryl methyl sites for hydroxylation is 2. The second-order valence-electron chi connectivity index (χ2n) is 3.55. The van der Waals surface area contributed by atoms with Gasteiger partial charge in [0.1, 0.15) is 5.01 Å². The minimum absolute atomic E-state index is 0.778. The van der Waals surface area contributed by atoms with Crippen molar-refractivity contribution in [3.05, 3.63) is 38.8 Å². The first-order chi connectivity index (χ1) is 7.65. The Balaban J connectivity index is 2.07. The number of aromatic nitrogens is 2. The van der Waals surface area contributed by atoms with Crippen molar-refractivity contribution in [3.63, 3.8) is 0 Å². The van der Waals surface area contributed by atoms with Crippen LogP contribution >= 0.6 is 27.3 Å². The fraction of sp³-hybridized carbons (Fsp3) is 0.273. The van der Waals surface area contributed by atoms with Crippen molar-refractivity contribution in [1.82, 2.24) is 10.2 Å². The van der Waals surface area contributed by atoms with Crippen molar-refractivity contribution in [2.75, 3.05) is 5.32 Å². The standard InChI is InChI=1S/C11H12BrN3S/c1-7-3-4-10(12)5-9(7)6-13-11-15-14-8(2)16-11/h3-5H,6H2,1-2H3,(H,13,15). The van der Waals surface area contributed by atoms with Gasteiger partial charge in [-0.1, -0.05) is 33.3 Å². The third kappa shape index (κ3) is 2.80. The van der Waals surface area contributed by atoms with E-state index in [0.717, 1.165) is 21.2 Å². The SMILES string of the molecule is Cc1nnc(NCc2cc(Br)ccc2C)s1. The molecule has 2 rings (SSSR count). The minimum Gasteiger partial charge on any atom is -0.356 e. The summed E-state index contributed by atoms with van der Waals surface area (Å²) in [6.45, 7) is 4.84. The van der Waals surface area contributed by atoms with E-state index in [9.17, 15) is 0 Å². The molecule has 0 aliphatic heterocycles. The molecule has 0 amide bonds. The molecule has 1 aromatic heterocycles. The molecule has 5 heteroatoms. The van der Waals surface area contributed by atoms with Crippen LogP contribution in [0.15, 0.2) is 22.7 Å². The van der Waals surface area contributed by atoms with Gasteiger partial charge >= 0.3 is 0 Å². The fourth-order valence-electron chi connectivity index (χ4n) is 1.37. The first-order valence-electron chi connectivity index (χ1n) is 4.94. The van der Waals surface area contributed by atoms with Gasteiger partial charge in [0.15, 0.2) is 0 Å². The maximum atomic E-state index is 4.03. The summed E-state index contributed by atoms with van der Waals surface area (Å²) in [4.78, 5) is 0. The second-order valence-corrected chi connectivity index (χ2v) is 5.65. The monoisotopic (exact) mass is 297 g/mol. The Bertz CT molecular complexity index is 496. The largest absolute Gasteiger partial charge is 0.356 e. The van der Waals surface area contributed by atoms with Crippen molar-refractivity contribution in [2.45, 2.75) is 20.4 Å². The Morgan fingerprint density at radius 3 is 2.81 bits per heavy atom. The van der Waals surface area contributed by atoms with E-state index in [2.05, 4.69) is 50.5 Å². The van der Waals surface area contributed by atoms with Gasteiger partial charge in [0.2, 0.25) is 5.13 Å². The number of hydrogen-bond acceptors (Lipinski definition) is 4. The van der Waals surface area contributed by atoms with Gasteiger partial charge in [-0.15, -0.1) is 10.2 Å². The molecular weight excluding hydrogens is 286 g/mol. The fourth-order valence-corrected chi connectivity index (χ4v) is 2.37. The highest BCUT2D eigenvalue weighted by molar-refractivity contribution is 9.10. The van der Waals surface area contributed by atoms with Gasteiger partial charge in [-0.05, 0) is 37.1 Å². The number of hydrogen-bond donors (Lipinski definition) is 1. The zero-order valence-corrected chi connectivity index (χ0v) is 11.5. The topological polar surface area (TPSA) is 37.8 Å². The Morgan fingerprint density at radius 2 is 2.12 bits per heavy atom. The summed E-state index contributed by atoms with van der Waals surface area (Å²) in [5.41, 5.74) is 2.54. The molecule has 0 aliphatic rings. The summed E-state index contributed by atoms with van der Waals surface area (Å²) in [6, 6.07) is 6.27. The quantitative estimate of drug-likeness (QED) is 0.942. The highest BCUT2D eigenvalue weighted by atomic mass is 79.9. The van der Waals surface area contributed by atoms with Crippen LogP contribution in [0.2, 0.25) is 0 Å².